The average Bonchev–Trinajstić information content (AvgIpc) is 2.74. The highest BCUT2D eigenvalue weighted by atomic mass is 19.2. The molecule has 1 saturated heterocycles. The number of carbonyl (C=O) groups excluding carboxylic acids is 1. The number of hydrogen-bond donors (Lipinski definition) is 2. The van der Waals surface area contributed by atoms with Crippen molar-refractivity contribution in [2.24, 2.45) is 10.9 Å². The number of aliphatic imine (C=N–C) groups is 1. The number of guanidine groups is 1. The van der Waals surface area contributed by atoms with Crippen LogP contribution in [0.15, 0.2) is 17.1 Å². The standard InChI is InChI=1S/C13H14F3N3O/c1-6(2)5-17-13-18-11(12(20)19-13)7-3-8(14)10(16)9(15)4-7/h3-4,6,11H,5H2,1-2H3,(H2,17,18,19,20). The van der Waals surface area contributed by atoms with Crippen LogP contribution in [0.3, 0.4) is 0 Å². The molecule has 1 aromatic carbocycles. The number of nitrogens with zero attached hydrogens (tertiary/aromatic N) is 1. The zero-order valence-electron chi connectivity index (χ0n) is 11.0. The zero-order chi connectivity index (χ0) is 14.9. The van der Waals surface area contributed by atoms with Crippen LogP contribution in [0.1, 0.15) is 25.5 Å². The van der Waals surface area contributed by atoms with Crippen molar-refractivity contribution in [2.75, 3.05) is 6.54 Å². The second-order valence-corrected chi connectivity index (χ2v) is 4.95. The molecule has 2 N–H and O–H groups in total. The molecule has 0 aromatic heterocycles. The summed E-state index contributed by atoms with van der Waals surface area (Å²) >= 11 is 0. The molecule has 108 valence electrons. The average molecular weight is 285 g/mol. The number of carbonyl (C=O) groups is 1. The second-order valence-electron chi connectivity index (χ2n) is 4.95. The topological polar surface area (TPSA) is 53.5 Å². The van der Waals surface area contributed by atoms with Crippen molar-refractivity contribution in [1.29, 1.82) is 0 Å². The van der Waals surface area contributed by atoms with E-state index in [1.54, 1.807) is 0 Å². The number of rotatable bonds is 3. The fraction of sp³-hybridized carbons (Fsp3) is 0.385. The first-order valence-corrected chi connectivity index (χ1v) is 6.14. The third-order valence-electron chi connectivity index (χ3n) is 2.74. The van der Waals surface area contributed by atoms with Gasteiger partial charge in [-0.1, -0.05) is 13.8 Å². The van der Waals surface area contributed by atoms with E-state index in [2.05, 4.69) is 15.6 Å². The van der Waals surface area contributed by atoms with Crippen LogP contribution in [-0.2, 0) is 4.79 Å². The summed E-state index contributed by atoms with van der Waals surface area (Å²) in [5.41, 5.74) is 0.00801. The molecule has 0 saturated carbocycles. The van der Waals surface area contributed by atoms with Crippen molar-refractivity contribution in [3.63, 3.8) is 0 Å². The first-order valence-electron chi connectivity index (χ1n) is 6.14. The van der Waals surface area contributed by atoms with E-state index >= 15 is 0 Å². The van der Waals surface area contributed by atoms with E-state index in [0.717, 1.165) is 12.1 Å². The lowest BCUT2D eigenvalue weighted by atomic mass is 10.1. The normalized spacial score (nSPS) is 20.4. The smallest absolute Gasteiger partial charge is 0.253 e. The van der Waals surface area contributed by atoms with Crippen LogP contribution in [-0.4, -0.2) is 18.4 Å². The summed E-state index contributed by atoms with van der Waals surface area (Å²) in [6, 6.07) is 0.604. The number of amides is 1. The van der Waals surface area contributed by atoms with Gasteiger partial charge in [-0.15, -0.1) is 0 Å². The lowest BCUT2D eigenvalue weighted by Gasteiger charge is -2.09. The Morgan fingerprint density at radius 3 is 2.40 bits per heavy atom. The third kappa shape index (κ3) is 2.92. The maximum Gasteiger partial charge on any atom is 0.253 e. The molecule has 0 radical (unpaired) electrons. The Morgan fingerprint density at radius 2 is 1.85 bits per heavy atom. The molecule has 1 atom stereocenters. The van der Waals surface area contributed by atoms with Crippen LogP contribution in [0.5, 0.6) is 0 Å². The second kappa shape index (κ2) is 5.52. The van der Waals surface area contributed by atoms with E-state index < -0.39 is 29.4 Å². The number of hydrogen-bond acceptors (Lipinski definition) is 2. The molecule has 4 nitrogen and oxygen atoms in total. The molecule has 0 aliphatic carbocycles. The SMILES string of the molecule is CC(C)CN=C1NC(=O)C(c2cc(F)c(F)c(F)c2)N1. The monoisotopic (exact) mass is 285 g/mol. The van der Waals surface area contributed by atoms with Crippen LogP contribution in [0.25, 0.3) is 0 Å². The number of nitrogens with one attached hydrogen (secondary N) is 2. The van der Waals surface area contributed by atoms with Crippen LogP contribution in [0.2, 0.25) is 0 Å². The van der Waals surface area contributed by atoms with E-state index in [-0.39, 0.29) is 11.5 Å². The Labute approximate surface area is 114 Å². The summed E-state index contributed by atoms with van der Waals surface area (Å²) in [4.78, 5) is 15.9. The van der Waals surface area contributed by atoms with Gasteiger partial charge < -0.3 is 5.32 Å². The van der Waals surface area contributed by atoms with Gasteiger partial charge in [-0.25, -0.2) is 13.2 Å². The quantitative estimate of drug-likeness (QED) is 0.833. The van der Waals surface area contributed by atoms with Gasteiger partial charge in [0.05, 0.1) is 0 Å². The Kier molecular flexibility index (Phi) is 3.96. The Hall–Kier alpha value is -2.05. The molecule has 1 heterocycles. The molecule has 1 unspecified atom stereocenters. The minimum absolute atomic E-state index is 0.00801. The first kappa shape index (κ1) is 14.4. The van der Waals surface area contributed by atoms with Gasteiger partial charge in [-0.05, 0) is 23.6 Å². The first-order chi connectivity index (χ1) is 9.38. The van der Waals surface area contributed by atoms with Crippen molar-refractivity contribution < 1.29 is 18.0 Å². The highest BCUT2D eigenvalue weighted by Crippen LogP contribution is 2.21. The molecule has 2 rings (SSSR count). The van der Waals surface area contributed by atoms with Gasteiger partial charge in [-0.3, -0.25) is 15.1 Å². The molecule has 0 spiro atoms. The van der Waals surface area contributed by atoms with Gasteiger partial charge in [-0.2, -0.15) is 0 Å². The van der Waals surface area contributed by atoms with Crippen molar-refractivity contribution in [2.45, 2.75) is 19.9 Å². The summed E-state index contributed by atoms with van der Waals surface area (Å²) in [7, 11) is 0. The van der Waals surface area contributed by atoms with Gasteiger partial charge in [0.15, 0.2) is 23.4 Å². The highest BCUT2D eigenvalue weighted by Gasteiger charge is 2.31. The predicted octanol–water partition coefficient (Wildman–Crippen LogP) is 1.88. The molecule has 1 amide bonds. The van der Waals surface area contributed by atoms with Crippen molar-refractivity contribution >= 4 is 11.9 Å². The van der Waals surface area contributed by atoms with Gasteiger partial charge in [0.2, 0.25) is 0 Å². The Balaban J connectivity index is 2.22. The van der Waals surface area contributed by atoms with Gasteiger partial charge in [0.1, 0.15) is 6.04 Å². The minimum atomic E-state index is -1.55. The number of benzene rings is 1. The van der Waals surface area contributed by atoms with Gasteiger partial charge in [0.25, 0.3) is 5.91 Å². The van der Waals surface area contributed by atoms with Crippen molar-refractivity contribution in [3.8, 4) is 0 Å². The largest absolute Gasteiger partial charge is 0.340 e. The molecule has 1 aliphatic heterocycles. The molecule has 0 bridgehead atoms. The van der Waals surface area contributed by atoms with Crippen LogP contribution >= 0.6 is 0 Å². The van der Waals surface area contributed by atoms with E-state index in [4.69, 9.17) is 0 Å². The number of halogens is 3. The molecule has 1 fully saturated rings. The van der Waals surface area contributed by atoms with Gasteiger partial charge >= 0.3 is 0 Å². The molecule has 1 aliphatic rings. The van der Waals surface area contributed by atoms with Gasteiger partial charge in [0, 0.05) is 6.54 Å². The lowest BCUT2D eigenvalue weighted by Crippen LogP contribution is -2.26. The molecule has 7 heteroatoms. The van der Waals surface area contributed by atoms with Crippen LogP contribution < -0.4 is 10.6 Å². The van der Waals surface area contributed by atoms with Crippen LogP contribution in [0, 0.1) is 23.4 Å². The summed E-state index contributed by atoms with van der Waals surface area (Å²) < 4.78 is 39.2. The maximum absolute atomic E-state index is 13.2. The van der Waals surface area contributed by atoms with E-state index in [0.29, 0.717) is 12.5 Å². The Bertz CT molecular complexity index is 549. The summed E-state index contributed by atoms with van der Waals surface area (Å²) in [5, 5.41) is 5.19. The Morgan fingerprint density at radius 1 is 1.25 bits per heavy atom. The highest BCUT2D eigenvalue weighted by molar-refractivity contribution is 6.06. The molecule has 20 heavy (non-hydrogen) atoms. The maximum atomic E-state index is 13.2. The minimum Gasteiger partial charge on any atom is -0.340 e. The zero-order valence-corrected chi connectivity index (χ0v) is 11.0. The fourth-order valence-corrected chi connectivity index (χ4v) is 1.76. The summed E-state index contributed by atoms with van der Waals surface area (Å²) in [5.74, 6) is -4.15. The predicted molar refractivity (Wildman–Crippen MR) is 67.5 cm³/mol. The molecular weight excluding hydrogens is 271 g/mol. The van der Waals surface area contributed by atoms with E-state index in [9.17, 15) is 18.0 Å². The van der Waals surface area contributed by atoms with Crippen molar-refractivity contribution in [3.05, 3.63) is 35.1 Å². The summed E-state index contributed by atoms with van der Waals surface area (Å²) in [6.45, 7) is 4.42. The molecular formula is C13H14F3N3O. The molecule has 1 aromatic rings. The van der Waals surface area contributed by atoms with E-state index in [1.807, 2.05) is 13.8 Å². The fourth-order valence-electron chi connectivity index (χ4n) is 1.76. The van der Waals surface area contributed by atoms with Crippen molar-refractivity contribution in [1.82, 2.24) is 10.6 Å². The van der Waals surface area contributed by atoms with E-state index in [1.165, 1.54) is 0 Å². The van der Waals surface area contributed by atoms with Crippen LogP contribution in [0.4, 0.5) is 13.2 Å². The summed E-state index contributed by atoms with van der Waals surface area (Å²) in [6.07, 6.45) is 0. The lowest BCUT2D eigenvalue weighted by molar-refractivity contribution is -0.120. The third-order valence-corrected chi connectivity index (χ3v) is 2.74.